The molecule has 2 unspecified atom stereocenters. The molecule has 2 aliphatic heterocycles. The Hall–Kier alpha value is -3.64. The minimum absolute atomic E-state index is 0.227. The SMILES string of the molecule is CC(C)c1ccc(C2Oc3ccc(Cl)cc3C3=C2C(c2cccnc2)n2ncnc2N3)cc1. The fourth-order valence-electron chi connectivity index (χ4n) is 4.63. The Morgan fingerprint density at radius 1 is 1.06 bits per heavy atom. The largest absolute Gasteiger partial charge is 0.480 e. The molecule has 1 N–H and O–H groups in total. The van der Waals surface area contributed by atoms with Gasteiger partial charge in [-0.3, -0.25) is 4.98 Å². The number of aromatic nitrogens is 4. The molecule has 0 radical (unpaired) electrons. The zero-order valence-corrected chi connectivity index (χ0v) is 19.0. The summed E-state index contributed by atoms with van der Waals surface area (Å²) in [4.78, 5) is 8.84. The molecular weight excluding hydrogens is 434 g/mol. The molecule has 4 aromatic rings. The predicted molar refractivity (Wildman–Crippen MR) is 128 cm³/mol. The van der Waals surface area contributed by atoms with Crippen molar-refractivity contribution in [1.29, 1.82) is 0 Å². The van der Waals surface area contributed by atoms with E-state index in [2.05, 4.69) is 64.6 Å². The van der Waals surface area contributed by atoms with Gasteiger partial charge in [0.2, 0.25) is 5.95 Å². The van der Waals surface area contributed by atoms with Gasteiger partial charge in [-0.25, -0.2) is 4.68 Å². The van der Waals surface area contributed by atoms with E-state index in [1.807, 2.05) is 35.1 Å². The average molecular weight is 456 g/mol. The Morgan fingerprint density at radius 2 is 1.91 bits per heavy atom. The molecule has 6 nitrogen and oxygen atoms in total. The van der Waals surface area contributed by atoms with Crippen molar-refractivity contribution in [2.24, 2.45) is 0 Å². The first kappa shape index (κ1) is 20.0. The van der Waals surface area contributed by atoms with E-state index < -0.39 is 0 Å². The van der Waals surface area contributed by atoms with Crippen LogP contribution in [0.2, 0.25) is 5.02 Å². The first-order valence-electron chi connectivity index (χ1n) is 11.0. The molecule has 2 aliphatic rings. The van der Waals surface area contributed by atoms with Crippen LogP contribution < -0.4 is 10.1 Å². The van der Waals surface area contributed by atoms with Gasteiger partial charge in [0.05, 0.1) is 5.70 Å². The smallest absolute Gasteiger partial charge is 0.226 e. The molecule has 0 spiro atoms. The summed E-state index contributed by atoms with van der Waals surface area (Å²) in [7, 11) is 0. The van der Waals surface area contributed by atoms with E-state index in [9.17, 15) is 0 Å². The molecule has 0 amide bonds. The highest BCUT2D eigenvalue weighted by Gasteiger charge is 2.41. The van der Waals surface area contributed by atoms with Gasteiger partial charge in [0.15, 0.2) is 0 Å². The van der Waals surface area contributed by atoms with Crippen molar-refractivity contribution in [2.45, 2.75) is 31.9 Å². The highest BCUT2D eigenvalue weighted by molar-refractivity contribution is 6.30. The molecule has 7 heteroatoms. The number of nitrogens with zero attached hydrogens (tertiary/aromatic N) is 4. The monoisotopic (exact) mass is 455 g/mol. The number of hydrogen-bond acceptors (Lipinski definition) is 5. The second-order valence-electron chi connectivity index (χ2n) is 8.63. The second-order valence-corrected chi connectivity index (χ2v) is 9.07. The van der Waals surface area contributed by atoms with E-state index >= 15 is 0 Å². The molecular formula is C26H22ClN5O. The van der Waals surface area contributed by atoms with Crippen LogP contribution in [-0.4, -0.2) is 19.7 Å². The highest BCUT2D eigenvalue weighted by atomic mass is 35.5. The summed E-state index contributed by atoms with van der Waals surface area (Å²) >= 11 is 6.39. The van der Waals surface area contributed by atoms with Crippen LogP contribution in [0.25, 0.3) is 5.70 Å². The van der Waals surface area contributed by atoms with Gasteiger partial charge in [0.1, 0.15) is 24.2 Å². The molecule has 0 bridgehead atoms. The van der Waals surface area contributed by atoms with Gasteiger partial charge in [-0.15, -0.1) is 0 Å². The Bertz CT molecular complexity index is 1360. The maximum absolute atomic E-state index is 6.65. The lowest BCUT2D eigenvalue weighted by molar-refractivity contribution is 0.223. The number of pyridine rings is 1. The van der Waals surface area contributed by atoms with E-state index in [1.54, 1.807) is 12.5 Å². The van der Waals surface area contributed by atoms with Crippen molar-refractivity contribution in [3.8, 4) is 5.75 Å². The molecule has 2 aromatic carbocycles. The maximum atomic E-state index is 6.65. The molecule has 0 saturated carbocycles. The summed E-state index contributed by atoms with van der Waals surface area (Å²) in [5.74, 6) is 1.91. The standard InChI is InChI=1S/C26H22ClN5O/c1-15(2)16-5-7-17(8-6-16)25-22-23(20-12-19(27)9-10-21(20)33-25)31-26-29-14-30-32(26)24(22)18-4-3-11-28-13-18/h3-15,24-25H,1-2H3,(H,29,30,31). The van der Waals surface area contributed by atoms with Crippen LogP contribution in [0.15, 0.2) is 78.9 Å². The zero-order chi connectivity index (χ0) is 22.5. The molecule has 0 saturated heterocycles. The molecule has 164 valence electrons. The van der Waals surface area contributed by atoms with Crippen molar-refractivity contribution < 1.29 is 4.74 Å². The van der Waals surface area contributed by atoms with Gasteiger partial charge < -0.3 is 10.1 Å². The van der Waals surface area contributed by atoms with Crippen molar-refractivity contribution in [1.82, 2.24) is 19.7 Å². The third-order valence-corrected chi connectivity index (χ3v) is 6.52. The lowest BCUT2D eigenvalue weighted by Gasteiger charge is -2.39. The van der Waals surface area contributed by atoms with Gasteiger partial charge >= 0.3 is 0 Å². The van der Waals surface area contributed by atoms with Crippen LogP contribution in [0.3, 0.4) is 0 Å². The number of nitrogens with one attached hydrogen (secondary N) is 1. The zero-order valence-electron chi connectivity index (χ0n) is 18.2. The van der Waals surface area contributed by atoms with Gasteiger partial charge in [0, 0.05) is 28.6 Å². The van der Waals surface area contributed by atoms with Crippen LogP contribution in [0.4, 0.5) is 5.95 Å². The molecule has 33 heavy (non-hydrogen) atoms. The molecule has 0 aliphatic carbocycles. The normalized spacial score (nSPS) is 18.8. The highest BCUT2D eigenvalue weighted by Crippen LogP contribution is 2.50. The fraction of sp³-hybridized carbons (Fsp3) is 0.192. The summed E-state index contributed by atoms with van der Waals surface area (Å²) in [6.07, 6.45) is 4.90. The van der Waals surface area contributed by atoms with Gasteiger partial charge in [0.25, 0.3) is 0 Å². The van der Waals surface area contributed by atoms with Crippen molar-refractivity contribution in [2.75, 3.05) is 5.32 Å². The summed E-state index contributed by atoms with van der Waals surface area (Å²) in [6.45, 7) is 4.39. The van der Waals surface area contributed by atoms with Gasteiger partial charge in [-0.05, 0) is 46.9 Å². The Balaban J connectivity index is 1.59. The first-order valence-corrected chi connectivity index (χ1v) is 11.3. The van der Waals surface area contributed by atoms with E-state index in [0.29, 0.717) is 16.9 Å². The second kappa shape index (κ2) is 7.74. The maximum Gasteiger partial charge on any atom is 0.226 e. The van der Waals surface area contributed by atoms with Crippen LogP contribution in [-0.2, 0) is 0 Å². The molecule has 0 fully saturated rings. The van der Waals surface area contributed by atoms with E-state index in [-0.39, 0.29) is 12.1 Å². The van der Waals surface area contributed by atoms with Crippen LogP contribution in [0.5, 0.6) is 5.75 Å². The van der Waals surface area contributed by atoms with Gasteiger partial charge in [-0.2, -0.15) is 10.1 Å². The summed E-state index contributed by atoms with van der Waals surface area (Å²) in [6, 6.07) is 18.2. The Labute approximate surface area is 196 Å². The van der Waals surface area contributed by atoms with Crippen molar-refractivity contribution in [3.05, 3.63) is 106 Å². The quantitative estimate of drug-likeness (QED) is 0.410. The number of benzene rings is 2. The molecule has 6 rings (SSSR count). The third-order valence-electron chi connectivity index (χ3n) is 6.28. The van der Waals surface area contributed by atoms with E-state index in [0.717, 1.165) is 33.7 Å². The first-order chi connectivity index (χ1) is 16.1. The number of fused-ring (bicyclic) bond motifs is 3. The number of hydrogen-bond donors (Lipinski definition) is 1. The fourth-order valence-corrected chi connectivity index (χ4v) is 4.80. The topological polar surface area (TPSA) is 64.9 Å². The lowest BCUT2D eigenvalue weighted by atomic mass is 9.84. The summed E-state index contributed by atoms with van der Waals surface area (Å²) in [5.41, 5.74) is 6.29. The van der Waals surface area contributed by atoms with Gasteiger partial charge in [-0.1, -0.05) is 55.8 Å². The molecule has 4 heterocycles. The molecule has 2 aromatic heterocycles. The number of anilines is 1. The summed E-state index contributed by atoms with van der Waals surface area (Å²) in [5, 5.41) is 8.69. The lowest BCUT2D eigenvalue weighted by Crippen LogP contribution is -2.32. The van der Waals surface area contributed by atoms with Crippen LogP contribution in [0, 0.1) is 0 Å². The Morgan fingerprint density at radius 3 is 2.67 bits per heavy atom. The minimum atomic E-state index is -0.315. The third kappa shape index (κ3) is 3.29. The summed E-state index contributed by atoms with van der Waals surface area (Å²) < 4.78 is 8.54. The molecule has 2 atom stereocenters. The number of rotatable bonds is 3. The minimum Gasteiger partial charge on any atom is -0.480 e. The van der Waals surface area contributed by atoms with Crippen molar-refractivity contribution >= 4 is 23.2 Å². The predicted octanol–water partition coefficient (Wildman–Crippen LogP) is 6.01. The van der Waals surface area contributed by atoms with Crippen LogP contribution >= 0.6 is 11.6 Å². The Kier molecular flexibility index (Phi) is 4.69. The van der Waals surface area contributed by atoms with E-state index in [1.165, 1.54) is 5.56 Å². The number of ether oxygens (including phenoxy) is 1. The average Bonchev–Trinajstić information content (AvgIpc) is 3.31. The number of halogens is 1. The van der Waals surface area contributed by atoms with Crippen molar-refractivity contribution in [3.63, 3.8) is 0 Å². The van der Waals surface area contributed by atoms with Crippen LogP contribution in [0.1, 0.15) is 54.2 Å². The van der Waals surface area contributed by atoms with E-state index in [4.69, 9.17) is 16.3 Å².